The number of amides is 2. The number of anilines is 1. The van der Waals surface area contributed by atoms with E-state index in [2.05, 4.69) is 25.1 Å². The summed E-state index contributed by atoms with van der Waals surface area (Å²) in [6, 6.07) is 16.0. The number of rotatable bonds is 8. The smallest absolute Gasteiger partial charge is 0.309 e. The zero-order valence-corrected chi connectivity index (χ0v) is 20.2. The normalized spacial score (nSPS) is 16.2. The standard InChI is InChI=1S/C28H34N2O4/c1-3-34-28(33)24-13-15-29(16-14-24)26(31)18-21-7-11-25(12-8-21)30(27(32)23-9-10-23)19-22-6-4-5-20(2)17-22/h4-8,11-12,17,23-24H,3,9-10,13-16,18-19H2,1-2H3. The van der Waals surface area contributed by atoms with Crippen molar-refractivity contribution in [2.45, 2.75) is 52.5 Å². The molecule has 1 saturated heterocycles. The van der Waals surface area contributed by atoms with Gasteiger partial charge >= 0.3 is 5.97 Å². The summed E-state index contributed by atoms with van der Waals surface area (Å²) >= 11 is 0. The highest BCUT2D eigenvalue weighted by Gasteiger charge is 2.34. The van der Waals surface area contributed by atoms with E-state index < -0.39 is 0 Å². The largest absolute Gasteiger partial charge is 0.466 e. The van der Waals surface area contributed by atoms with Gasteiger partial charge in [0, 0.05) is 24.7 Å². The lowest BCUT2D eigenvalue weighted by Gasteiger charge is -2.31. The van der Waals surface area contributed by atoms with E-state index in [0.717, 1.165) is 29.7 Å². The Hall–Kier alpha value is -3.15. The van der Waals surface area contributed by atoms with E-state index >= 15 is 0 Å². The van der Waals surface area contributed by atoms with Gasteiger partial charge < -0.3 is 14.5 Å². The molecule has 0 radical (unpaired) electrons. The number of likely N-dealkylation sites (tertiary alicyclic amines) is 1. The Kier molecular flexibility index (Phi) is 7.66. The summed E-state index contributed by atoms with van der Waals surface area (Å²) in [6.45, 7) is 5.97. The van der Waals surface area contributed by atoms with Gasteiger partial charge in [-0.05, 0) is 62.8 Å². The molecule has 1 heterocycles. The number of nitrogens with zero attached hydrogens (tertiary/aromatic N) is 2. The Morgan fingerprint density at radius 3 is 2.26 bits per heavy atom. The molecule has 2 amide bonds. The van der Waals surface area contributed by atoms with Crippen LogP contribution in [0.3, 0.4) is 0 Å². The maximum absolute atomic E-state index is 13.0. The van der Waals surface area contributed by atoms with Crippen LogP contribution < -0.4 is 4.90 Å². The minimum atomic E-state index is -0.152. The van der Waals surface area contributed by atoms with Gasteiger partial charge in [0.2, 0.25) is 11.8 Å². The summed E-state index contributed by atoms with van der Waals surface area (Å²) in [5.74, 6) is 0.118. The molecule has 6 heteroatoms. The Bertz CT molecular complexity index is 1020. The first-order chi connectivity index (χ1) is 16.4. The Morgan fingerprint density at radius 2 is 1.65 bits per heavy atom. The van der Waals surface area contributed by atoms with Crippen LogP contribution in [0.25, 0.3) is 0 Å². The van der Waals surface area contributed by atoms with Gasteiger partial charge in [0.15, 0.2) is 0 Å². The van der Waals surface area contributed by atoms with Crippen molar-refractivity contribution >= 4 is 23.5 Å². The van der Waals surface area contributed by atoms with E-state index in [1.165, 1.54) is 5.56 Å². The van der Waals surface area contributed by atoms with Crippen LogP contribution in [0.15, 0.2) is 48.5 Å². The minimum Gasteiger partial charge on any atom is -0.466 e. The van der Waals surface area contributed by atoms with Crippen LogP contribution in [-0.2, 0) is 32.1 Å². The summed E-state index contributed by atoms with van der Waals surface area (Å²) in [6.07, 6.45) is 3.55. The number of ether oxygens (including phenoxy) is 1. The highest BCUT2D eigenvalue weighted by molar-refractivity contribution is 5.96. The summed E-state index contributed by atoms with van der Waals surface area (Å²) in [4.78, 5) is 41.5. The maximum Gasteiger partial charge on any atom is 0.309 e. The molecular formula is C28H34N2O4. The molecule has 2 fully saturated rings. The molecule has 4 rings (SSSR count). The zero-order valence-electron chi connectivity index (χ0n) is 20.2. The second kappa shape index (κ2) is 10.9. The van der Waals surface area contributed by atoms with E-state index in [4.69, 9.17) is 4.74 Å². The third-order valence-corrected chi connectivity index (χ3v) is 6.69. The highest BCUT2D eigenvalue weighted by atomic mass is 16.5. The predicted molar refractivity (Wildman–Crippen MR) is 131 cm³/mol. The van der Waals surface area contributed by atoms with Gasteiger partial charge in [0.1, 0.15) is 0 Å². The quantitative estimate of drug-likeness (QED) is 0.549. The van der Waals surface area contributed by atoms with Crippen molar-refractivity contribution in [2.75, 3.05) is 24.6 Å². The summed E-state index contributed by atoms with van der Waals surface area (Å²) in [7, 11) is 0. The average molecular weight is 463 g/mol. The summed E-state index contributed by atoms with van der Waals surface area (Å²) in [5.41, 5.74) is 4.08. The van der Waals surface area contributed by atoms with Gasteiger partial charge in [-0.15, -0.1) is 0 Å². The van der Waals surface area contributed by atoms with Crippen LogP contribution in [-0.4, -0.2) is 42.4 Å². The molecule has 0 atom stereocenters. The highest BCUT2D eigenvalue weighted by Crippen LogP contribution is 2.33. The second-order valence-electron chi connectivity index (χ2n) is 9.44. The second-order valence-corrected chi connectivity index (χ2v) is 9.44. The molecule has 1 aliphatic carbocycles. The van der Waals surface area contributed by atoms with Gasteiger partial charge in [-0.25, -0.2) is 0 Å². The first-order valence-corrected chi connectivity index (χ1v) is 12.3. The molecule has 180 valence electrons. The molecule has 2 aromatic rings. The van der Waals surface area contributed by atoms with Crippen molar-refractivity contribution in [3.63, 3.8) is 0 Å². The van der Waals surface area contributed by atoms with Crippen LogP contribution in [0.5, 0.6) is 0 Å². The Labute approximate surface area is 201 Å². The third kappa shape index (κ3) is 6.04. The number of hydrogen-bond acceptors (Lipinski definition) is 4. The van der Waals surface area contributed by atoms with Gasteiger partial charge in [0.05, 0.1) is 25.5 Å². The van der Waals surface area contributed by atoms with Crippen molar-refractivity contribution in [1.82, 2.24) is 4.90 Å². The van der Waals surface area contributed by atoms with Crippen molar-refractivity contribution < 1.29 is 19.1 Å². The number of piperidine rings is 1. The number of carbonyl (C=O) groups excluding carboxylic acids is 3. The van der Waals surface area contributed by atoms with Crippen LogP contribution in [0.2, 0.25) is 0 Å². The van der Waals surface area contributed by atoms with Crippen molar-refractivity contribution in [3.05, 3.63) is 65.2 Å². The monoisotopic (exact) mass is 462 g/mol. The van der Waals surface area contributed by atoms with Crippen molar-refractivity contribution in [3.8, 4) is 0 Å². The van der Waals surface area contributed by atoms with Gasteiger partial charge in [-0.1, -0.05) is 42.0 Å². The summed E-state index contributed by atoms with van der Waals surface area (Å²) < 4.78 is 5.11. The van der Waals surface area contributed by atoms with E-state index in [0.29, 0.717) is 45.5 Å². The molecule has 1 saturated carbocycles. The van der Waals surface area contributed by atoms with Gasteiger partial charge in [0.25, 0.3) is 0 Å². The average Bonchev–Trinajstić information content (AvgIpc) is 3.69. The lowest BCUT2D eigenvalue weighted by Crippen LogP contribution is -2.41. The van der Waals surface area contributed by atoms with Gasteiger partial charge in [-0.2, -0.15) is 0 Å². The molecule has 34 heavy (non-hydrogen) atoms. The number of hydrogen-bond donors (Lipinski definition) is 0. The lowest BCUT2D eigenvalue weighted by molar-refractivity contribution is -0.151. The Balaban J connectivity index is 1.37. The van der Waals surface area contributed by atoms with E-state index in [9.17, 15) is 14.4 Å². The fraction of sp³-hybridized carbons (Fsp3) is 0.464. The number of carbonyl (C=O) groups is 3. The number of esters is 1. The SMILES string of the molecule is CCOC(=O)C1CCN(C(=O)Cc2ccc(N(Cc3cccc(C)c3)C(=O)C3CC3)cc2)CC1. The molecule has 0 unspecified atom stereocenters. The molecule has 0 spiro atoms. The van der Waals surface area contributed by atoms with E-state index in [-0.39, 0.29) is 29.6 Å². The summed E-state index contributed by atoms with van der Waals surface area (Å²) in [5, 5.41) is 0. The fourth-order valence-electron chi connectivity index (χ4n) is 4.55. The number of aryl methyl sites for hydroxylation is 1. The van der Waals surface area contributed by atoms with Crippen molar-refractivity contribution in [2.24, 2.45) is 11.8 Å². The fourth-order valence-corrected chi connectivity index (χ4v) is 4.55. The maximum atomic E-state index is 13.0. The van der Waals surface area contributed by atoms with Crippen LogP contribution in [0.4, 0.5) is 5.69 Å². The minimum absolute atomic E-state index is 0.0701. The first kappa shape index (κ1) is 24.0. The molecule has 0 N–H and O–H groups in total. The number of benzene rings is 2. The first-order valence-electron chi connectivity index (χ1n) is 12.3. The predicted octanol–water partition coefficient (Wildman–Crippen LogP) is 4.28. The molecule has 2 aliphatic rings. The lowest BCUT2D eigenvalue weighted by atomic mass is 9.96. The molecule has 2 aromatic carbocycles. The topological polar surface area (TPSA) is 66.9 Å². The van der Waals surface area contributed by atoms with Gasteiger partial charge in [-0.3, -0.25) is 14.4 Å². The Morgan fingerprint density at radius 1 is 0.941 bits per heavy atom. The van der Waals surface area contributed by atoms with Crippen molar-refractivity contribution in [1.29, 1.82) is 0 Å². The van der Waals surface area contributed by atoms with Crippen LogP contribution >= 0.6 is 0 Å². The molecule has 0 bridgehead atoms. The van der Waals surface area contributed by atoms with E-state index in [1.807, 2.05) is 47.1 Å². The third-order valence-electron chi connectivity index (χ3n) is 6.69. The van der Waals surface area contributed by atoms with Crippen LogP contribution in [0.1, 0.15) is 49.3 Å². The molecule has 6 nitrogen and oxygen atoms in total. The zero-order chi connectivity index (χ0) is 24.1. The molecular weight excluding hydrogens is 428 g/mol. The molecule has 1 aliphatic heterocycles. The van der Waals surface area contributed by atoms with E-state index in [1.54, 1.807) is 0 Å². The molecule has 0 aromatic heterocycles. The van der Waals surface area contributed by atoms with Crippen LogP contribution in [0, 0.1) is 18.8 Å².